The number of aliphatic hydroxyl groups excluding tert-OH is 1. The molecule has 0 aromatic carbocycles. The Morgan fingerprint density at radius 1 is 1.12 bits per heavy atom. The van der Waals surface area contributed by atoms with Crippen molar-refractivity contribution in [2.24, 2.45) is 13.0 Å². The number of aryl methyl sites for hydroxylation is 2. The summed E-state index contributed by atoms with van der Waals surface area (Å²) < 4.78 is 13.6. The van der Waals surface area contributed by atoms with Crippen LogP contribution < -0.4 is 14.8 Å². The zero-order valence-corrected chi connectivity index (χ0v) is 19.4. The Balaban J connectivity index is 1.33. The van der Waals surface area contributed by atoms with Crippen LogP contribution in [0.15, 0.2) is 36.7 Å². The summed E-state index contributed by atoms with van der Waals surface area (Å²) in [5, 5.41) is 21.4. The van der Waals surface area contributed by atoms with Crippen molar-refractivity contribution >= 4 is 11.8 Å². The van der Waals surface area contributed by atoms with Crippen LogP contribution >= 0.6 is 0 Å². The predicted octanol–water partition coefficient (Wildman–Crippen LogP) is 4.27. The fraction of sp³-hybridized carbons (Fsp3) is 0.458. The van der Waals surface area contributed by atoms with E-state index in [0.717, 1.165) is 50.0 Å². The van der Waals surface area contributed by atoms with Crippen LogP contribution in [0.25, 0.3) is 11.4 Å². The van der Waals surface area contributed by atoms with Gasteiger partial charge in [-0.15, -0.1) is 5.10 Å². The van der Waals surface area contributed by atoms with Gasteiger partial charge in [0.1, 0.15) is 11.9 Å². The molecule has 3 heterocycles. The minimum Gasteiger partial charge on any atom is -0.513 e. The minimum absolute atomic E-state index is 0.0324. The standard InChI is InChI=1S/C24H29N7O3/c1-14-20(33-18-6-4-5-16(13-18)15(2)32)10-9-19(26-14)22-23(31(3)30-29-22)28-24-25-12-11-21(27-24)34-17-7-8-17/h9-12,16-18,32H,2,4-8,13H2,1,3H3,(H,25,27,28)/t16-,18-/m0/s1. The molecule has 0 amide bonds. The lowest BCUT2D eigenvalue weighted by Crippen LogP contribution is -2.26. The van der Waals surface area contributed by atoms with Gasteiger partial charge in [0.05, 0.1) is 23.3 Å². The lowest BCUT2D eigenvalue weighted by atomic mass is 9.86. The summed E-state index contributed by atoms with van der Waals surface area (Å²) in [5.74, 6) is 2.63. The van der Waals surface area contributed by atoms with E-state index in [1.165, 1.54) is 0 Å². The van der Waals surface area contributed by atoms with Crippen LogP contribution in [0.5, 0.6) is 11.6 Å². The van der Waals surface area contributed by atoms with Gasteiger partial charge in [-0.3, -0.25) is 0 Å². The van der Waals surface area contributed by atoms with E-state index in [1.54, 1.807) is 24.0 Å². The van der Waals surface area contributed by atoms with E-state index in [2.05, 4.69) is 32.2 Å². The van der Waals surface area contributed by atoms with Gasteiger partial charge < -0.3 is 19.9 Å². The third kappa shape index (κ3) is 4.95. The molecule has 0 bridgehead atoms. The van der Waals surface area contributed by atoms with Crippen molar-refractivity contribution in [1.29, 1.82) is 0 Å². The molecule has 2 fully saturated rings. The molecule has 34 heavy (non-hydrogen) atoms. The maximum atomic E-state index is 9.77. The highest BCUT2D eigenvalue weighted by Crippen LogP contribution is 2.33. The van der Waals surface area contributed by atoms with Gasteiger partial charge in [-0.2, -0.15) is 4.98 Å². The molecule has 0 saturated heterocycles. The Kier molecular flexibility index (Phi) is 6.04. The molecule has 0 aliphatic heterocycles. The van der Waals surface area contributed by atoms with E-state index in [9.17, 15) is 5.11 Å². The monoisotopic (exact) mass is 463 g/mol. The van der Waals surface area contributed by atoms with Crippen molar-refractivity contribution in [2.75, 3.05) is 5.32 Å². The maximum Gasteiger partial charge on any atom is 0.231 e. The molecule has 2 atom stereocenters. The molecule has 0 unspecified atom stereocenters. The number of ether oxygens (including phenoxy) is 2. The van der Waals surface area contributed by atoms with Gasteiger partial charge in [0, 0.05) is 25.2 Å². The van der Waals surface area contributed by atoms with E-state index in [1.807, 2.05) is 19.1 Å². The summed E-state index contributed by atoms with van der Waals surface area (Å²) in [6, 6.07) is 5.53. The first-order valence-electron chi connectivity index (χ1n) is 11.6. The molecule has 3 aromatic rings. The summed E-state index contributed by atoms with van der Waals surface area (Å²) in [7, 11) is 1.79. The minimum atomic E-state index is 0.0324. The predicted molar refractivity (Wildman–Crippen MR) is 126 cm³/mol. The van der Waals surface area contributed by atoms with Gasteiger partial charge in [-0.05, 0) is 57.6 Å². The van der Waals surface area contributed by atoms with Crippen LogP contribution in [-0.2, 0) is 7.05 Å². The Morgan fingerprint density at radius 3 is 2.74 bits per heavy atom. The van der Waals surface area contributed by atoms with Gasteiger partial charge in [-0.1, -0.05) is 11.8 Å². The van der Waals surface area contributed by atoms with Crippen LogP contribution in [0.2, 0.25) is 0 Å². The quantitative estimate of drug-likeness (QED) is 0.472. The number of aliphatic hydroxyl groups is 1. The first-order chi connectivity index (χ1) is 16.5. The number of pyridine rings is 1. The Labute approximate surface area is 198 Å². The summed E-state index contributed by atoms with van der Waals surface area (Å²) in [4.78, 5) is 13.5. The van der Waals surface area contributed by atoms with Crippen molar-refractivity contribution in [2.45, 2.75) is 57.7 Å². The summed E-state index contributed by atoms with van der Waals surface area (Å²) in [6.07, 6.45) is 7.74. The number of rotatable bonds is 8. The summed E-state index contributed by atoms with van der Waals surface area (Å²) in [6.45, 7) is 5.61. The average molecular weight is 464 g/mol. The molecule has 10 nitrogen and oxygen atoms in total. The van der Waals surface area contributed by atoms with E-state index in [4.69, 9.17) is 14.5 Å². The third-order valence-corrected chi connectivity index (χ3v) is 6.17. The number of hydrogen-bond donors (Lipinski definition) is 2. The number of nitrogens with zero attached hydrogens (tertiary/aromatic N) is 6. The van der Waals surface area contributed by atoms with Crippen LogP contribution in [0.3, 0.4) is 0 Å². The van der Waals surface area contributed by atoms with Crippen molar-refractivity contribution in [3.8, 4) is 23.0 Å². The first-order valence-corrected chi connectivity index (χ1v) is 11.6. The molecule has 2 aliphatic carbocycles. The first kappa shape index (κ1) is 22.1. The van der Waals surface area contributed by atoms with Gasteiger partial charge >= 0.3 is 0 Å². The Hall–Kier alpha value is -3.69. The smallest absolute Gasteiger partial charge is 0.231 e. The molecular weight excluding hydrogens is 434 g/mol. The van der Waals surface area contributed by atoms with E-state index in [0.29, 0.717) is 29.0 Å². The van der Waals surface area contributed by atoms with Gasteiger partial charge in [0.2, 0.25) is 11.8 Å². The molecule has 0 spiro atoms. The van der Waals surface area contributed by atoms with E-state index >= 15 is 0 Å². The van der Waals surface area contributed by atoms with Crippen molar-refractivity contribution < 1.29 is 14.6 Å². The SMILES string of the molecule is C=C(O)[C@H]1CCC[C@H](Oc2ccc(-c3nnn(C)c3Nc3nccc(OC4CC4)n3)nc2C)C1. The zero-order valence-electron chi connectivity index (χ0n) is 19.4. The highest BCUT2D eigenvalue weighted by atomic mass is 16.5. The number of nitrogens with one attached hydrogen (secondary N) is 1. The largest absolute Gasteiger partial charge is 0.513 e. The Bertz CT molecular complexity index is 1190. The Morgan fingerprint density at radius 2 is 1.97 bits per heavy atom. The number of anilines is 2. The van der Waals surface area contributed by atoms with E-state index in [-0.39, 0.29) is 23.9 Å². The molecule has 2 aliphatic rings. The van der Waals surface area contributed by atoms with E-state index < -0.39 is 0 Å². The topological polar surface area (TPSA) is 120 Å². The molecule has 2 N–H and O–H groups in total. The summed E-state index contributed by atoms with van der Waals surface area (Å²) >= 11 is 0. The molecular formula is C24H29N7O3. The second-order valence-electron chi connectivity index (χ2n) is 8.95. The number of aromatic nitrogens is 6. The van der Waals surface area contributed by atoms with Crippen LogP contribution in [0, 0.1) is 12.8 Å². The molecule has 3 aromatic heterocycles. The molecule has 178 valence electrons. The normalized spacial score (nSPS) is 20.1. The second kappa shape index (κ2) is 9.28. The lowest BCUT2D eigenvalue weighted by Gasteiger charge is -2.29. The van der Waals surface area contributed by atoms with Crippen LogP contribution in [0.1, 0.15) is 44.2 Å². The average Bonchev–Trinajstić information content (AvgIpc) is 3.57. The maximum absolute atomic E-state index is 9.77. The number of hydrogen-bond acceptors (Lipinski definition) is 9. The molecule has 5 rings (SSSR count). The lowest BCUT2D eigenvalue weighted by molar-refractivity contribution is 0.117. The highest BCUT2D eigenvalue weighted by Gasteiger charge is 2.26. The van der Waals surface area contributed by atoms with Crippen molar-refractivity contribution in [1.82, 2.24) is 29.9 Å². The molecule has 2 saturated carbocycles. The van der Waals surface area contributed by atoms with Crippen LogP contribution in [-0.4, -0.2) is 47.3 Å². The third-order valence-electron chi connectivity index (χ3n) is 6.17. The van der Waals surface area contributed by atoms with Crippen molar-refractivity contribution in [3.05, 3.63) is 42.4 Å². The van der Waals surface area contributed by atoms with Crippen LogP contribution in [0.4, 0.5) is 11.8 Å². The second-order valence-corrected chi connectivity index (χ2v) is 8.95. The molecule has 0 radical (unpaired) electrons. The van der Waals surface area contributed by atoms with Gasteiger partial charge in [0.25, 0.3) is 0 Å². The summed E-state index contributed by atoms with van der Waals surface area (Å²) in [5.41, 5.74) is 2.01. The fourth-order valence-electron chi connectivity index (χ4n) is 4.14. The fourth-order valence-corrected chi connectivity index (χ4v) is 4.14. The van der Waals surface area contributed by atoms with Crippen molar-refractivity contribution in [3.63, 3.8) is 0 Å². The van der Waals surface area contributed by atoms with Gasteiger partial charge in [-0.25, -0.2) is 14.6 Å². The highest BCUT2D eigenvalue weighted by molar-refractivity contribution is 5.71. The number of allylic oxidation sites excluding steroid dienone is 1. The van der Waals surface area contributed by atoms with Gasteiger partial charge in [0.15, 0.2) is 11.5 Å². The zero-order chi connectivity index (χ0) is 23.7. The molecule has 10 heteroatoms.